The number of carbonyl (C=O) groups is 1. The van der Waals surface area contributed by atoms with Gasteiger partial charge in [0.1, 0.15) is 11.6 Å². The molecule has 2 aliphatic heterocycles. The lowest BCUT2D eigenvalue weighted by Crippen LogP contribution is -2.54. The number of piperidine rings is 1. The van der Waals surface area contributed by atoms with E-state index in [0.717, 1.165) is 56.3 Å². The van der Waals surface area contributed by atoms with Crippen molar-refractivity contribution in [1.29, 1.82) is 0 Å². The van der Waals surface area contributed by atoms with Gasteiger partial charge < -0.3 is 4.74 Å². The van der Waals surface area contributed by atoms with E-state index < -0.39 is 0 Å². The van der Waals surface area contributed by atoms with Gasteiger partial charge in [-0.1, -0.05) is 12.1 Å². The van der Waals surface area contributed by atoms with Gasteiger partial charge in [0, 0.05) is 32.2 Å². The molecule has 6 heteroatoms. The Morgan fingerprint density at radius 2 is 1.90 bits per heavy atom. The lowest BCUT2D eigenvalue weighted by Gasteiger charge is -2.46. The highest BCUT2D eigenvalue weighted by Crippen LogP contribution is 2.43. The predicted octanol–water partition coefficient (Wildman–Crippen LogP) is 3.34. The monoisotopic (exact) mass is 394 g/mol. The summed E-state index contributed by atoms with van der Waals surface area (Å²) >= 11 is 0. The Kier molecular flexibility index (Phi) is 4.62. The van der Waals surface area contributed by atoms with E-state index in [-0.39, 0.29) is 11.4 Å². The van der Waals surface area contributed by atoms with E-state index in [2.05, 4.69) is 27.8 Å². The van der Waals surface area contributed by atoms with Crippen LogP contribution in [0, 0.1) is 12.8 Å². The molecule has 1 aliphatic carbocycles. The van der Waals surface area contributed by atoms with Gasteiger partial charge in [0.05, 0.1) is 24.8 Å². The lowest BCUT2D eigenvalue weighted by atomic mass is 9.82. The van der Waals surface area contributed by atoms with Crippen LogP contribution in [0.4, 0.5) is 5.82 Å². The first-order valence-electron chi connectivity index (χ1n) is 10.8. The summed E-state index contributed by atoms with van der Waals surface area (Å²) in [7, 11) is 1.70. The summed E-state index contributed by atoms with van der Waals surface area (Å²) in [6.45, 7) is 5.81. The molecule has 1 saturated carbocycles. The highest BCUT2D eigenvalue weighted by atomic mass is 16.5. The van der Waals surface area contributed by atoms with Crippen molar-refractivity contribution in [3.8, 4) is 5.75 Å². The quantitative estimate of drug-likeness (QED) is 0.781. The van der Waals surface area contributed by atoms with E-state index in [4.69, 9.17) is 9.84 Å². The first-order valence-corrected chi connectivity index (χ1v) is 10.8. The fourth-order valence-corrected chi connectivity index (χ4v) is 4.87. The van der Waals surface area contributed by atoms with Crippen LogP contribution in [0.1, 0.15) is 43.4 Å². The number of rotatable bonds is 5. The topological polar surface area (TPSA) is 50.6 Å². The van der Waals surface area contributed by atoms with Crippen LogP contribution in [-0.4, -0.2) is 47.3 Å². The van der Waals surface area contributed by atoms with Gasteiger partial charge in [0.15, 0.2) is 0 Å². The van der Waals surface area contributed by atoms with Crippen molar-refractivity contribution >= 4 is 11.7 Å². The summed E-state index contributed by atoms with van der Waals surface area (Å²) in [5.41, 5.74) is 2.15. The van der Waals surface area contributed by atoms with Gasteiger partial charge in [0.25, 0.3) is 0 Å². The molecule has 154 valence electrons. The molecule has 1 spiro atoms. The fourth-order valence-electron chi connectivity index (χ4n) is 4.87. The van der Waals surface area contributed by atoms with Gasteiger partial charge >= 0.3 is 0 Å². The van der Waals surface area contributed by atoms with Crippen LogP contribution in [0.2, 0.25) is 0 Å². The van der Waals surface area contributed by atoms with Crippen molar-refractivity contribution in [1.82, 2.24) is 14.7 Å². The standard InChI is InChI=1S/C23H30N4O2/c1-17-13-21-26(16-19-3-4-19)22(28)14-23(27(21)24-17)9-11-25(12-10-23)15-18-5-7-20(29-2)8-6-18/h5-8,13,19H,3-4,9-12,14-16H2,1-2H3. The zero-order valence-corrected chi connectivity index (χ0v) is 17.4. The predicted molar refractivity (Wildman–Crippen MR) is 112 cm³/mol. The number of fused-ring (bicyclic) bond motifs is 2. The molecular formula is C23H30N4O2. The number of nitrogens with zero attached hydrogens (tertiary/aromatic N) is 4. The Hall–Kier alpha value is -2.34. The van der Waals surface area contributed by atoms with Gasteiger partial charge in [-0.05, 0) is 56.2 Å². The molecule has 0 N–H and O–H groups in total. The zero-order chi connectivity index (χ0) is 20.0. The van der Waals surface area contributed by atoms with E-state index in [0.29, 0.717) is 12.3 Å². The van der Waals surface area contributed by atoms with Crippen molar-refractivity contribution < 1.29 is 9.53 Å². The van der Waals surface area contributed by atoms with E-state index in [1.807, 2.05) is 24.0 Å². The van der Waals surface area contributed by atoms with E-state index >= 15 is 0 Å². The number of hydrogen-bond donors (Lipinski definition) is 0. The van der Waals surface area contributed by atoms with Crippen LogP contribution >= 0.6 is 0 Å². The maximum absolute atomic E-state index is 13.1. The highest BCUT2D eigenvalue weighted by Gasteiger charge is 2.46. The summed E-state index contributed by atoms with van der Waals surface area (Å²) in [6, 6.07) is 10.4. The number of aryl methyl sites for hydroxylation is 1. The summed E-state index contributed by atoms with van der Waals surface area (Å²) < 4.78 is 7.46. The zero-order valence-electron chi connectivity index (χ0n) is 17.4. The minimum absolute atomic E-state index is 0.156. The lowest BCUT2D eigenvalue weighted by molar-refractivity contribution is -0.123. The third-order valence-electron chi connectivity index (χ3n) is 6.81. The molecule has 29 heavy (non-hydrogen) atoms. The second-order valence-corrected chi connectivity index (χ2v) is 9.03. The average molecular weight is 395 g/mol. The minimum Gasteiger partial charge on any atom is -0.497 e. The number of aromatic nitrogens is 2. The van der Waals surface area contributed by atoms with Crippen molar-refractivity contribution in [2.75, 3.05) is 31.6 Å². The minimum atomic E-state index is -0.156. The van der Waals surface area contributed by atoms with Crippen LogP contribution in [-0.2, 0) is 16.9 Å². The number of anilines is 1. The third-order valence-corrected chi connectivity index (χ3v) is 6.81. The molecular weight excluding hydrogens is 364 g/mol. The van der Waals surface area contributed by atoms with E-state index in [1.165, 1.54) is 18.4 Å². The van der Waals surface area contributed by atoms with Gasteiger partial charge in [0.2, 0.25) is 5.91 Å². The van der Waals surface area contributed by atoms with Crippen LogP contribution < -0.4 is 9.64 Å². The van der Waals surface area contributed by atoms with Gasteiger partial charge in [-0.15, -0.1) is 0 Å². The molecule has 3 heterocycles. The normalized spacial score (nSPS) is 21.4. The Morgan fingerprint density at radius 3 is 2.55 bits per heavy atom. The maximum Gasteiger partial charge on any atom is 0.230 e. The number of hydrogen-bond acceptors (Lipinski definition) is 4. The summed E-state index contributed by atoms with van der Waals surface area (Å²) in [5, 5.41) is 4.86. The largest absolute Gasteiger partial charge is 0.497 e. The second kappa shape index (κ2) is 7.17. The number of benzene rings is 1. The first kappa shape index (κ1) is 18.7. The van der Waals surface area contributed by atoms with Crippen molar-refractivity contribution in [3.63, 3.8) is 0 Å². The molecule has 5 rings (SSSR count). The van der Waals surface area contributed by atoms with Crippen molar-refractivity contribution in [3.05, 3.63) is 41.6 Å². The Bertz CT molecular complexity index is 892. The van der Waals surface area contributed by atoms with Gasteiger partial charge in [-0.25, -0.2) is 4.68 Å². The molecule has 1 amide bonds. The molecule has 2 aromatic rings. The van der Waals surface area contributed by atoms with E-state index in [1.54, 1.807) is 7.11 Å². The molecule has 1 aromatic heterocycles. The molecule has 0 atom stereocenters. The second-order valence-electron chi connectivity index (χ2n) is 9.03. The molecule has 6 nitrogen and oxygen atoms in total. The van der Waals surface area contributed by atoms with Crippen LogP contribution in [0.3, 0.4) is 0 Å². The molecule has 3 aliphatic rings. The summed E-state index contributed by atoms with van der Waals surface area (Å²) in [4.78, 5) is 17.6. The number of amides is 1. The van der Waals surface area contributed by atoms with Crippen LogP contribution in [0.15, 0.2) is 30.3 Å². The average Bonchev–Trinajstić information content (AvgIpc) is 3.46. The fraction of sp³-hybridized carbons (Fsp3) is 0.565. The Labute approximate surface area is 172 Å². The van der Waals surface area contributed by atoms with Gasteiger partial charge in [-0.2, -0.15) is 5.10 Å². The summed E-state index contributed by atoms with van der Waals surface area (Å²) in [5.74, 6) is 2.88. The smallest absolute Gasteiger partial charge is 0.230 e. The number of likely N-dealkylation sites (tertiary alicyclic amines) is 1. The first-order chi connectivity index (χ1) is 14.1. The van der Waals surface area contributed by atoms with Gasteiger partial charge in [-0.3, -0.25) is 14.6 Å². The van der Waals surface area contributed by atoms with Crippen LogP contribution in [0.5, 0.6) is 5.75 Å². The number of methoxy groups -OCH3 is 1. The molecule has 0 radical (unpaired) electrons. The highest BCUT2D eigenvalue weighted by molar-refractivity contribution is 5.94. The van der Waals surface area contributed by atoms with Crippen LogP contribution in [0.25, 0.3) is 0 Å². The number of ether oxygens (including phenoxy) is 1. The Balaban J connectivity index is 1.31. The van der Waals surface area contributed by atoms with Crippen molar-refractivity contribution in [2.45, 2.75) is 51.1 Å². The molecule has 1 aromatic carbocycles. The third kappa shape index (κ3) is 3.54. The molecule has 0 unspecified atom stereocenters. The number of carbonyl (C=O) groups excluding carboxylic acids is 1. The molecule has 2 fully saturated rings. The SMILES string of the molecule is COc1ccc(CN2CCC3(CC2)CC(=O)N(CC2CC2)c2cc(C)nn23)cc1. The maximum atomic E-state index is 13.1. The molecule has 0 bridgehead atoms. The van der Waals surface area contributed by atoms with Crippen molar-refractivity contribution in [2.24, 2.45) is 5.92 Å². The molecule has 1 saturated heterocycles. The Morgan fingerprint density at radius 1 is 1.17 bits per heavy atom. The summed E-state index contributed by atoms with van der Waals surface area (Å²) in [6.07, 6.45) is 5.04. The van der Waals surface area contributed by atoms with E-state index in [9.17, 15) is 4.79 Å².